The molecular formula is C30H52O3. The summed E-state index contributed by atoms with van der Waals surface area (Å²) in [6, 6.07) is 4.11. The molecule has 0 bridgehead atoms. The smallest absolute Gasteiger partial charge is 0.306 e. The first kappa shape index (κ1) is 29.5. The molecular weight excluding hydrogens is 408 g/mol. The van der Waals surface area contributed by atoms with Crippen LogP contribution >= 0.6 is 0 Å². The molecule has 0 saturated carbocycles. The Morgan fingerprint density at radius 3 is 1.61 bits per heavy atom. The van der Waals surface area contributed by atoms with Gasteiger partial charge in [0, 0.05) is 6.42 Å². The lowest BCUT2D eigenvalue weighted by atomic mass is 9.78. The molecule has 0 saturated heterocycles. The number of phenolic OH excluding ortho intramolecular Hbond substituents is 1. The first-order valence-electron chi connectivity index (χ1n) is 13.5. The molecule has 0 aliphatic rings. The molecule has 3 nitrogen and oxygen atoms in total. The van der Waals surface area contributed by atoms with E-state index < -0.39 is 0 Å². The van der Waals surface area contributed by atoms with Crippen molar-refractivity contribution in [1.82, 2.24) is 0 Å². The summed E-state index contributed by atoms with van der Waals surface area (Å²) < 4.78 is 5.48. The summed E-state index contributed by atoms with van der Waals surface area (Å²) in [5, 5.41) is 10.8. The highest BCUT2D eigenvalue weighted by Gasteiger charge is 2.26. The first-order valence-corrected chi connectivity index (χ1v) is 13.5. The third kappa shape index (κ3) is 12.0. The molecule has 0 aliphatic carbocycles. The Balaban J connectivity index is 2.33. The molecule has 0 aromatic heterocycles. The monoisotopic (exact) mass is 460 g/mol. The van der Waals surface area contributed by atoms with Gasteiger partial charge in [0.15, 0.2) is 0 Å². The van der Waals surface area contributed by atoms with Gasteiger partial charge in [-0.1, -0.05) is 125 Å². The van der Waals surface area contributed by atoms with Crippen LogP contribution in [-0.4, -0.2) is 17.7 Å². The van der Waals surface area contributed by atoms with Crippen LogP contribution in [0.1, 0.15) is 142 Å². The van der Waals surface area contributed by atoms with E-state index in [1.165, 1.54) is 57.8 Å². The number of phenols is 1. The number of hydrogen-bond acceptors (Lipinski definition) is 3. The molecule has 0 amide bonds. The summed E-state index contributed by atoms with van der Waals surface area (Å²) in [5.74, 6) is 0.266. The van der Waals surface area contributed by atoms with E-state index in [1.54, 1.807) is 0 Å². The summed E-state index contributed by atoms with van der Waals surface area (Å²) in [6.45, 7) is 15.5. The van der Waals surface area contributed by atoms with Crippen LogP contribution in [0, 0.1) is 0 Å². The average molecular weight is 461 g/mol. The van der Waals surface area contributed by atoms with Gasteiger partial charge in [-0.15, -0.1) is 0 Å². The molecule has 1 aromatic rings. The minimum Gasteiger partial charge on any atom is -0.507 e. The van der Waals surface area contributed by atoms with Crippen LogP contribution in [0.2, 0.25) is 0 Å². The number of aryl methyl sites for hydroxylation is 1. The van der Waals surface area contributed by atoms with E-state index in [9.17, 15) is 9.90 Å². The standard InChI is InChI=1S/C30H52O3/c1-8-9-10-11-12-13-14-15-16-17-18-21-33-27(31)20-19-24-22-25(29(2,3)4)28(32)26(23-24)30(5,6)7/h22-23,32H,8-21H2,1-7H3. The van der Waals surface area contributed by atoms with Crippen molar-refractivity contribution in [2.24, 2.45) is 0 Å². The van der Waals surface area contributed by atoms with Gasteiger partial charge in [0.05, 0.1) is 6.61 Å². The van der Waals surface area contributed by atoms with E-state index in [0.29, 0.717) is 25.2 Å². The molecule has 0 aliphatic heterocycles. The lowest BCUT2D eigenvalue weighted by molar-refractivity contribution is -0.143. The number of benzene rings is 1. The largest absolute Gasteiger partial charge is 0.507 e. The van der Waals surface area contributed by atoms with Gasteiger partial charge in [0.25, 0.3) is 0 Å². The van der Waals surface area contributed by atoms with Gasteiger partial charge in [0.2, 0.25) is 0 Å². The molecule has 0 atom stereocenters. The maximum absolute atomic E-state index is 12.3. The zero-order valence-electron chi connectivity index (χ0n) is 22.8. The lowest BCUT2D eigenvalue weighted by Gasteiger charge is -2.28. The Bertz CT molecular complexity index is 656. The summed E-state index contributed by atoms with van der Waals surface area (Å²) in [6.07, 6.45) is 15.2. The second-order valence-electron chi connectivity index (χ2n) is 11.8. The fraction of sp³-hybridized carbons (Fsp3) is 0.767. The van der Waals surface area contributed by atoms with Crippen molar-refractivity contribution >= 4 is 5.97 Å². The number of carbonyl (C=O) groups is 1. The highest BCUT2D eigenvalue weighted by molar-refractivity contribution is 5.69. The van der Waals surface area contributed by atoms with Gasteiger partial charge in [-0.05, 0) is 40.4 Å². The van der Waals surface area contributed by atoms with E-state index in [1.807, 2.05) is 0 Å². The van der Waals surface area contributed by atoms with Crippen molar-refractivity contribution in [2.45, 2.75) is 143 Å². The van der Waals surface area contributed by atoms with Crippen LogP contribution in [0.25, 0.3) is 0 Å². The van der Waals surface area contributed by atoms with Gasteiger partial charge in [-0.25, -0.2) is 0 Å². The fourth-order valence-electron chi connectivity index (χ4n) is 4.25. The maximum atomic E-state index is 12.3. The summed E-state index contributed by atoms with van der Waals surface area (Å²) in [7, 11) is 0. The van der Waals surface area contributed by atoms with E-state index in [4.69, 9.17) is 4.74 Å². The minimum atomic E-state index is -0.157. The predicted molar refractivity (Wildman–Crippen MR) is 141 cm³/mol. The topological polar surface area (TPSA) is 46.5 Å². The Kier molecular flexibility index (Phi) is 13.1. The maximum Gasteiger partial charge on any atom is 0.306 e. The van der Waals surface area contributed by atoms with Gasteiger partial charge < -0.3 is 9.84 Å². The fourth-order valence-corrected chi connectivity index (χ4v) is 4.25. The van der Waals surface area contributed by atoms with Crippen molar-refractivity contribution in [3.8, 4) is 5.75 Å². The molecule has 3 heteroatoms. The number of carbonyl (C=O) groups excluding carboxylic acids is 1. The summed E-state index contributed by atoms with van der Waals surface area (Å²) in [5.41, 5.74) is 2.67. The van der Waals surface area contributed by atoms with Gasteiger partial charge in [-0.2, -0.15) is 0 Å². The van der Waals surface area contributed by atoms with Gasteiger partial charge in [-0.3, -0.25) is 4.79 Å². The van der Waals surface area contributed by atoms with Crippen LogP contribution < -0.4 is 0 Å². The van der Waals surface area contributed by atoms with E-state index >= 15 is 0 Å². The Labute approximate surface area is 204 Å². The second kappa shape index (κ2) is 14.7. The molecule has 0 spiro atoms. The third-order valence-corrected chi connectivity index (χ3v) is 6.41. The molecule has 1 rings (SSSR count). The van der Waals surface area contributed by atoms with E-state index in [-0.39, 0.29) is 16.8 Å². The number of hydrogen-bond donors (Lipinski definition) is 1. The van der Waals surface area contributed by atoms with Crippen LogP contribution in [-0.2, 0) is 26.8 Å². The third-order valence-electron chi connectivity index (χ3n) is 6.41. The van der Waals surface area contributed by atoms with Crippen molar-refractivity contribution in [2.75, 3.05) is 6.61 Å². The highest BCUT2D eigenvalue weighted by atomic mass is 16.5. The van der Waals surface area contributed by atoms with Crippen molar-refractivity contribution < 1.29 is 14.6 Å². The second-order valence-corrected chi connectivity index (χ2v) is 11.8. The van der Waals surface area contributed by atoms with Crippen LogP contribution in [0.4, 0.5) is 0 Å². The number of rotatable bonds is 15. The summed E-state index contributed by atoms with van der Waals surface area (Å²) in [4.78, 5) is 12.3. The normalized spacial score (nSPS) is 12.2. The van der Waals surface area contributed by atoms with Crippen LogP contribution in [0.3, 0.4) is 0 Å². The van der Waals surface area contributed by atoms with Gasteiger partial charge >= 0.3 is 5.97 Å². The highest BCUT2D eigenvalue weighted by Crippen LogP contribution is 2.40. The van der Waals surface area contributed by atoms with Crippen molar-refractivity contribution in [3.05, 3.63) is 28.8 Å². The zero-order valence-corrected chi connectivity index (χ0v) is 22.8. The molecule has 0 unspecified atom stereocenters. The van der Waals surface area contributed by atoms with Crippen LogP contribution in [0.15, 0.2) is 12.1 Å². The molecule has 1 N–H and O–H groups in total. The molecule has 190 valence electrons. The lowest BCUT2D eigenvalue weighted by Crippen LogP contribution is -2.18. The molecule has 0 heterocycles. The molecule has 0 fully saturated rings. The van der Waals surface area contributed by atoms with Gasteiger partial charge in [0.1, 0.15) is 5.75 Å². The number of esters is 1. The van der Waals surface area contributed by atoms with E-state index in [2.05, 4.69) is 60.6 Å². The number of unbranched alkanes of at least 4 members (excludes halogenated alkanes) is 10. The Hall–Kier alpha value is -1.51. The SMILES string of the molecule is CCCCCCCCCCCCCOC(=O)CCc1cc(C(C)(C)C)c(O)c(C(C)(C)C)c1. The average Bonchev–Trinajstić information content (AvgIpc) is 2.72. The van der Waals surface area contributed by atoms with Crippen LogP contribution in [0.5, 0.6) is 5.75 Å². The Morgan fingerprint density at radius 1 is 0.758 bits per heavy atom. The molecule has 1 aromatic carbocycles. The summed E-state index contributed by atoms with van der Waals surface area (Å²) >= 11 is 0. The minimum absolute atomic E-state index is 0.121. The predicted octanol–water partition coefficient (Wildman–Crippen LogP) is 8.77. The van der Waals surface area contributed by atoms with Crippen molar-refractivity contribution in [3.63, 3.8) is 0 Å². The zero-order chi connectivity index (χ0) is 24.9. The molecule has 0 radical (unpaired) electrons. The quantitative estimate of drug-likeness (QED) is 0.210. The molecule has 33 heavy (non-hydrogen) atoms. The first-order chi connectivity index (χ1) is 15.5. The van der Waals surface area contributed by atoms with E-state index in [0.717, 1.165) is 29.5 Å². The number of ether oxygens (including phenoxy) is 1. The Morgan fingerprint density at radius 2 is 1.18 bits per heavy atom. The van der Waals surface area contributed by atoms with Crippen molar-refractivity contribution in [1.29, 1.82) is 0 Å². The number of aromatic hydroxyl groups is 1.